The van der Waals surface area contributed by atoms with Crippen molar-refractivity contribution in [1.29, 1.82) is 0 Å². The summed E-state index contributed by atoms with van der Waals surface area (Å²) in [6.45, 7) is 2.09. The summed E-state index contributed by atoms with van der Waals surface area (Å²) in [7, 11) is 1.76. The van der Waals surface area contributed by atoms with Crippen molar-refractivity contribution >= 4 is 11.6 Å². The Labute approximate surface area is 101 Å². The number of aromatic nitrogens is 2. The molecule has 1 unspecified atom stereocenters. The van der Waals surface area contributed by atoms with Gasteiger partial charge in [0, 0.05) is 19.3 Å². The molecule has 0 aliphatic heterocycles. The highest BCUT2D eigenvalue weighted by Gasteiger charge is 2.26. The fourth-order valence-corrected chi connectivity index (χ4v) is 2.02. The average Bonchev–Trinajstić information content (AvgIpc) is 3.02. The molecule has 1 aliphatic carbocycles. The lowest BCUT2D eigenvalue weighted by molar-refractivity contribution is 0.0928. The van der Waals surface area contributed by atoms with Crippen LogP contribution in [-0.2, 0) is 7.05 Å². The quantitative estimate of drug-likeness (QED) is 0.809. The first-order valence-corrected chi connectivity index (χ1v) is 6.20. The number of carbonyl (C=O) groups is 1. The normalized spacial score (nSPS) is 16.8. The van der Waals surface area contributed by atoms with Gasteiger partial charge >= 0.3 is 0 Å². The van der Waals surface area contributed by atoms with Crippen molar-refractivity contribution in [2.75, 3.05) is 5.73 Å². The van der Waals surface area contributed by atoms with E-state index in [1.54, 1.807) is 17.9 Å². The minimum atomic E-state index is -0.157. The molecule has 1 atom stereocenters. The number of hydrogen-bond donors (Lipinski definition) is 2. The zero-order valence-corrected chi connectivity index (χ0v) is 10.4. The highest BCUT2D eigenvalue weighted by Crippen LogP contribution is 2.34. The summed E-state index contributed by atoms with van der Waals surface area (Å²) in [5, 5.41) is 7.09. The molecule has 5 heteroatoms. The number of hydrogen-bond acceptors (Lipinski definition) is 3. The Hall–Kier alpha value is -1.52. The molecule has 0 saturated heterocycles. The molecular formula is C12H20N4O. The molecule has 3 N–H and O–H groups in total. The van der Waals surface area contributed by atoms with Gasteiger partial charge in [-0.2, -0.15) is 5.10 Å². The first-order valence-electron chi connectivity index (χ1n) is 6.20. The second-order valence-electron chi connectivity index (χ2n) is 4.86. The van der Waals surface area contributed by atoms with Crippen molar-refractivity contribution < 1.29 is 4.79 Å². The number of aryl methyl sites for hydroxylation is 1. The van der Waals surface area contributed by atoms with Crippen LogP contribution in [0.2, 0.25) is 0 Å². The highest BCUT2D eigenvalue weighted by molar-refractivity contribution is 5.97. The predicted molar refractivity (Wildman–Crippen MR) is 66.5 cm³/mol. The number of anilines is 1. The van der Waals surface area contributed by atoms with Crippen LogP contribution in [0.15, 0.2) is 6.20 Å². The van der Waals surface area contributed by atoms with Crippen LogP contribution in [0.1, 0.15) is 43.1 Å². The average molecular weight is 236 g/mol. The summed E-state index contributed by atoms with van der Waals surface area (Å²) in [5.41, 5.74) is 6.50. The van der Waals surface area contributed by atoms with Crippen LogP contribution in [0.5, 0.6) is 0 Å². The lowest BCUT2D eigenvalue weighted by Gasteiger charge is -2.15. The lowest BCUT2D eigenvalue weighted by atomic mass is 10.1. The number of rotatable bonds is 5. The van der Waals surface area contributed by atoms with E-state index in [4.69, 9.17) is 5.73 Å². The molecule has 17 heavy (non-hydrogen) atoms. The topological polar surface area (TPSA) is 72.9 Å². The van der Waals surface area contributed by atoms with Gasteiger partial charge in [-0.25, -0.2) is 0 Å². The number of nitrogens with one attached hydrogen (secondary N) is 1. The molecule has 5 nitrogen and oxygen atoms in total. The molecule has 1 heterocycles. The van der Waals surface area contributed by atoms with E-state index in [1.807, 2.05) is 0 Å². The summed E-state index contributed by atoms with van der Waals surface area (Å²) < 4.78 is 1.56. The minimum Gasteiger partial charge on any atom is -0.396 e. The summed E-state index contributed by atoms with van der Waals surface area (Å²) in [6.07, 6.45) is 6.29. The third-order valence-electron chi connectivity index (χ3n) is 3.21. The van der Waals surface area contributed by atoms with Crippen LogP contribution in [0.25, 0.3) is 0 Å². The summed E-state index contributed by atoms with van der Waals surface area (Å²) >= 11 is 0. The zero-order valence-electron chi connectivity index (χ0n) is 10.4. The maximum absolute atomic E-state index is 12.0. The Kier molecular flexibility index (Phi) is 3.36. The van der Waals surface area contributed by atoms with E-state index in [1.165, 1.54) is 12.8 Å². The van der Waals surface area contributed by atoms with Crippen molar-refractivity contribution in [3.05, 3.63) is 11.9 Å². The van der Waals surface area contributed by atoms with E-state index in [-0.39, 0.29) is 11.9 Å². The third kappa shape index (κ3) is 2.99. The van der Waals surface area contributed by atoms with Crippen LogP contribution >= 0.6 is 0 Å². The van der Waals surface area contributed by atoms with Crippen molar-refractivity contribution in [2.45, 2.75) is 38.6 Å². The molecule has 1 aromatic rings. The summed E-state index contributed by atoms with van der Waals surface area (Å²) in [5.74, 6) is 0.650. The van der Waals surface area contributed by atoms with E-state index < -0.39 is 0 Å². The Morgan fingerprint density at radius 3 is 2.88 bits per heavy atom. The predicted octanol–water partition coefficient (Wildman–Crippen LogP) is 1.31. The van der Waals surface area contributed by atoms with Gasteiger partial charge in [-0.15, -0.1) is 0 Å². The van der Waals surface area contributed by atoms with Gasteiger partial charge in [0.05, 0.1) is 5.69 Å². The van der Waals surface area contributed by atoms with Gasteiger partial charge in [-0.1, -0.05) is 19.8 Å². The Bertz CT molecular complexity index is 409. The number of nitrogen functional groups attached to an aromatic ring is 1. The SMILES string of the molecule is CCC(CC1CC1)NC(=O)c1nn(C)cc1N. The molecule has 0 bridgehead atoms. The maximum atomic E-state index is 12.0. The lowest BCUT2D eigenvalue weighted by Crippen LogP contribution is -2.35. The monoisotopic (exact) mass is 236 g/mol. The fourth-order valence-electron chi connectivity index (χ4n) is 2.02. The molecule has 0 aromatic carbocycles. The highest BCUT2D eigenvalue weighted by atomic mass is 16.2. The van der Waals surface area contributed by atoms with Gasteiger partial charge in [0.1, 0.15) is 0 Å². The Balaban J connectivity index is 1.96. The Morgan fingerprint density at radius 1 is 1.71 bits per heavy atom. The molecule has 1 aromatic heterocycles. The van der Waals surface area contributed by atoms with E-state index >= 15 is 0 Å². The van der Waals surface area contributed by atoms with Crippen molar-refractivity contribution in [3.8, 4) is 0 Å². The Morgan fingerprint density at radius 2 is 2.41 bits per heavy atom. The molecule has 94 valence electrons. The van der Waals surface area contributed by atoms with Gasteiger partial charge in [-0.3, -0.25) is 9.48 Å². The van der Waals surface area contributed by atoms with Crippen LogP contribution in [0.4, 0.5) is 5.69 Å². The standard InChI is InChI=1S/C12H20N4O/c1-3-9(6-8-4-5-8)14-12(17)11-10(13)7-16(2)15-11/h7-9H,3-6,13H2,1-2H3,(H,14,17). The first kappa shape index (κ1) is 12.0. The van der Waals surface area contributed by atoms with Crippen LogP contribution in [0.3, 0.4) is 0 Å². The van der Waals surface area contributed by atoms with E-state index in [9.17, 15) is 4.79 Å². The summed E-state index contributed by atoms with van der Waals surface area (Å²) in [4.78, 5) is 12.0. The second kappa shape index (κ2) is 4.77. The fraction of sp³-hybridized carbons (Fsp3) is 0.667. The van der Waals surface area contributed by atoms with Gasteiger partial charge < -0.3 is 11.1 Å². The number of carbonyl (C=O) groups excluding carboxylic acids is 1. The molecule has 1 aliphatic rings. The van der Waals surface area contributed by atoms with Crippen molar-refractivity contribution in [3.63, 3.8) is 0 Å². The molecule has 1 amide bonds. The first-order chi connectivity index (χ1) is 8.10. The number of amides is 1. The van der Waals surface area contributed by atoms with Gasteiger partial charge in [0.25, 0.3) is 5.91 Å². The third-order valence-corrected chi connectivity index (χ3v) is 3.21. The molecule has 2 rings (SSSR count). The molecule has 0 radical (unpaired) electrons. The van der Waals surface area contributed by atoms with Crippen molar-refractivity contribution in [2.24, 2.45) is 13.0 Å². The van der Waals surface area contributed by atoms with Gasteiger partial charge in [0.15, 0.2) is 5.69 Å². The second-order valence-corrected chi connectivity index (χ2v) is 4.86. The van der Waals surface area contributed by atoms with Crippen LogP contribution in [-0.4, -0.2) is 21.7 Å². The largest absolute Gasteiger partial charge is 0.396 e. The van der Waals surface area contributed by atoms with Crippen molar-refractivity contribution in [1.82, 2.24) is 15.1 Å². The number of nitrogens with zero attached hydrogens (tertiary/aromatic N) is 2. The van der Waals surface area contributed by atoms with E-state index in [2.05, 4.69) is 17.3 Å². The van der Waals surface area contributed by atoms with Gasteiger partial charge in [-0.05, 0) is 18.8 Å². The van der Waals surface area contributed by atoms with E-state index in [0.29, 0.717) is 11.4 Å². The van der Waals surface area contributed by atoms with E-state index in [0.717, 1.165) is 18.8 Å². The van der Waals surface area contributed by atoms with Crippen LogP contribution < -0.4 is 11.1 Å². The number of nitrogens with two attached hydrogens (primary N) is 1. The summed E-state index contributed by atoms with van der Waals surface area (Å²) in [6, 6.07) is 0.247. The zero-order chi connectivity index (χ0) is 12.4. The smallest absolute Gasteiger partial charge is 0.274 e. The minimum absolute atomic E-state index is 0.157. The molecule has 1 saturated carbocycles. The van der Waals surface area contributed by atoms with Crippen LogP contribution in [0, 0.1) is 5.92 Å². The maximum Gasteiger partial charge on any atom is 0.274 e. The molecule has 1 fully saturated rings. The molecule has 0 spiro atoms. The molecular weight excluding hydrogens is 216 g/mol. The van der Waals surface area contributed by atoms with Gasteiger partial charge in [0.2, 0.25) is 0 Å².